The van der Waals surface area contributed by atoms with Gasteiger partial charge in [-0.2, -0.15) is 0 Å². The number of rotatable bonds is 10. The minimum absolute atomic E-state index is 0.114. The Morgan fingerprint density at radius 3 is 2.45 bits per heavy atom. The van der Waals surface area contributed by atoms with E-state index in [1.165, 1.54) is 0 Å². The molecule has 1 rings (SSSR count). The van der Waals surface area contributed by atoms with Crippen molar-refractivity contribution in [3.05, 3.63) is 37.5 Å². The molecule has 0 heterocycles. The molecule has 0 bridgehead atoms. The molecule has 0 aliphatic heterocycles. The van der Waals surface area contributed by atoms with Gasteiger partial charge in [0.05, 0.1) is 25.0 Å². The summed E-state index contributed by atoms with van der Waals surface area (Å²) in [5.74, 6) is -3.10. The Kier molecular flexibility index (Phi) is 8.17. The van der Waals surface area contributed by atoms with Crippen molar-refractivity contribution in [1.29, 1.82) is 0 Å². The molecule has 1 N–H and O–H groups in total. The second kappa shape index (κ2) is 9.92. The van der Waals surface area contributed by atoms with E-state index in [4.69, 9.17) is 19.3 Å². The molecule has 0 saturated carbocycles. The average Bonchev–Trinajstić information content (AvgIpc) is 2.53. The summed E-state index contributed by atoms with van der Waals surface area (Å²) in [6.45, 7) is 7.44. The number of hydrogen-bond acceptors (Lipinski definition) is 5. The fraction of sp³-hybridized carbons (Fsp3) is 0.500. The maximum atomic E-state index is 12.1. The molecule has 1 aliphatic carbocycles. The van der Waals surface area contributed by atoms with Gasteiger partial charge in [0.2, 0.25) is 0 Å². The van der Waals surface area contributed by atoms with Gasteiger partial charge in [0, 0.05) is 0 Å². The summed E-state index contributed by atoms with van der Waals surface area (Å²) < 4.78 is 15.8. The lowest BCUT2D eigenvalue weighted by atomic mass is 9.84. The number of ether oxygens (including phenoxy) is 3. The minimum Gasteiger partial charge on any atom is -0.481 e. The number of carboxylic acids is 1. The molecule has 122 valence electrons. The van der Waals surface area contributed by atoms with E-state index in [9.17, 15) is 9.59 Å². The van der Waals surface area contributed by atoms with Gasteiger partial charge in [-0.25, -0.2) is 0 Å². The predicted molar refractivity (Wildman–Crippen MR) is 80.0 cm³/mol. The van der Waals surface area contributed by atoms with Crippen molar-refractivity contribution in [1.82, 2.24) is 0 Å². The lowest BCUT2D eigenvalue weighted by Crippen LogP contribution is -2.34. The maximum absolute atomic E-state index is 12.1. The van der Waals surface area contributed by atoms with E-state index in [-0.39, 0.29) is 19.8 Å². The van der Waals surface area contributed by atoms with E-state index in [0.717, 1.165) is 0 Å². The third-order valence-corrected chi connectivity index (χ3v) is 3.17. The Bertz CT molecular complexity index is 416. The molecule has 6 nitrogen and oxygen atoms in total. The topological polar surface area (TPSA) is 82.1 Å². The fourth-order valence-corrected chi connectivity index (χ4v) is 2.09. The van der Waals surface area contributed by atoms with Gasteiger partial charge in [0.1, 0.15) is 6.61 Å². The summed E-state index contributed by atoms with van der Waals surface area (Å²) >= 11 is 0. The maximum Gasteiger partial charge on any atom is 0.313 e. The molecule has 0 aromatic rings. The van der Waals surface area contributed by atoms with Crippen LogP contribution in [0.25, 0.3) is 0 Å². The van der Waals surface area contributed by atoms with Crippen LogP contribution in [0.4, 0.5) is 0 Å². The molecule has 2 unspecified atom stereocenters. The minimum atomic E-state index is -0.992. The highest BCUT2D eigenvalue weighted by molar-refractivity contribution is 5.83. The lowest BCUT2D eigenvalue weighted by molar-refractivity contribution is -0.180. The molecule has 22 heavy (non-hydrogen) atoms. The van der Waals surface area contributed by atoms with Gasteiger partial charge >= 0.3 is 11.9 Å². The van der Waals surface area contributed by atoms with E-state index in [1.807, 2.05) is 0 Å². The van der Waals surface area contributed by atoms with Gasteiger partial charge in [-0.3, -0.25) is 9.59 Å². The van der Waals surface area contributed by atoms with Crippen molar-refractivity contribution in [3.63, 3.8) is 0 Å². The molecular weight excluding hydrogens is 288 g/mol. The van der Waals surface area contributed by atoms with Gasteiger partial charge in [-0.05, 0) is 12.8 Å². The SMILES string of the molecule is C=CCOC(COC(=O)C1C=CCCC1C(=O)O)OCC=C. The zero-order valence-electron chi connectivity index (χ0n) is 12.5. The molecule has 0 radical (unpaired) electrons. The zero-order chi connectivity index (χ0) is 16.4. The summed E-state index contributed by atoms with van der Waals surface area (Å²) in [4.78, 5) is 23.3. The van der Waals surface area contributed by atoms with Crippen molar-refractivity contribution in [3.8, 4) is 0 Å². The summed E-state index contributed by atoms with van der Waals surface area (Å²) in [5.41, 5.74) is 0. The summed E-state index contributed by atoms with van der Waals surface area (Å²) in [5, 5.41) is 9.15. The second-order valence-electron chi connectivity index (χ2n) is 4.78. The quantitative estimate of drug-likeness (QED) is 0.377. The Morgan fingerprint density at radius 2 is 1.91 bits per heavy atom. The third kappa shape index (κ3) is 5.83. The van der Waals surface area contributed by atoms with Crippen molar-refractivity contribution >= 4 is 11.9 Å². The number of carbonyl (C=O) groups is 2. The van der Waals surface area contributed by atoms with E-state index >= 15 is 0 Å². The lowest BCUT2D eigenvalue weighted by Gasteiger charge is -2.24. The number of aliphatic carboxylic acids is 1. The molecule has 0 saturated heterocycles. The van der Waals surface area contributed by atoms with E-state index in [2.05, 4.69) is 13.2 Å². The summed E-state index contributed by atoms with van der Waals surface area (Å²) in [7, 11) is 0. The Balaban J connectivity index is 2.55. The van der Waals surface area contributed by atoms with Gasteiger partial charge < -0.3 is 19.3 Å². The van der Waals surface area contributed by atoms with Crippen LogP contribution >= 0.6 is 0 Å². The molecular formula is C16H22O6. The van der Waals surface area contributed by atoms with Crippen LogP contribution in [0.1, 0.15) is 12.8 Å². The van der Waals surface area contributed by atoms with Crippen LogP contribution in [-0.4, -0.2) is 43.2 Å². The van der Waals surface area contributed by atoms with E-state index in [0.29, 0.717) is 12.8 Å². The highest BCUT2D eigenvalue weighted by atomic mass is 16.7. The van der Waals surface area contributed by atoms with E-state index < -0.39 is 30.1 Å². The first-order valence-electron chi connectivity index (χ1n) is 7.11. The predicted octanol–water partition coefficient (Wildman–Crippen LogP) is 1.93. The van der Waals surface area contributed by atoms with Crippen LogP contribution in [0.2, 0.25) is 0 Å². The monoisotopic (exact) mass is 310 g/mol. The largest absolute Gasteiger partial charge is 0.481 e. The van der Waals surface area contributed by atoms with Crippen molar-refractivity contribution < 1.29 is 28.9 Å². The first kappa shape index (κ1) is 18.1. The van der Waals surface area contributed by atoms with Gasteiger partial charge in [0.15, 0.2) is 6.29 Å². The van der Waals surface area contributed by atoms with Crippen molar-refractivity contribution in [2.24, 2.45) is 11.8 Å². The first-order valence-corrected chi connectivity index (χ1v) is 7.11. The molecule has 1 aliphatic rings. The molecule has 0 aromatic heterocycles. The first-order chi connectivity index (χ1) is 10.6. The van der Waals surface area contributed by atoms with Gasteiger partial charge in [-0.1, -0.05) is 24.3 Å². The Labute approximate surface area is 130 Å². The molecule has 0 aromatic carbocycles. The standard InChI is InChI=1S/C16H22O6/c1-3-9-20-14(21-10-4-2)11-22-16(19)13-8-6-5-7-12(13)15(17)18/h3-4,6,8,12-14H,1-2,5,7,9-11H2,(H,17,18). The van der Waals surface area contributed by atoms with Crippen molar-refractivity contribution in [2.75, 3.05) is 19.8 Å². The van der Waals surface area contributed by atoms with Crippen LogP contribution in [0.5, 0.6) is 0 Å². The van der Waals surface area contributed by atoms with Crippen LogP contribution in [0.15, 0.2) is 37.5 Å². The number of carboxylic acid groups (broad SMARTS) is 1. The van der Waals surface area contributed by atoms with Gasteiger partial charge in [0.25, 0.3) is 0 Å². The zero-order valence-corrected chi connectivity index (χ0v) is 12.5. The van der Waals surface area contributed by atoms with Gasteiger partial charge in [-0.15, -0.1) is 13.2 Å². The van der Waals surface area contributed by atoms with Crippen LogP contribution < -0.4 is 0 Å². The smallest absolute Gasteiger partial charge is 0.313 e. The summed E-state index contributed by atoms with van der Waals surface area (Å²) in [6.07, 6.45) is 6.83. The van der Waals surface area contributed by atoms with E-state index in [1.54, 1.807) is 24.3 Å². The highest BCUT2D eigenvalue weighted by Gasteiger charge is 2.34. The van der Waals surface area contributed by atoms with Crippen LogP contribution in [0.3, 0.4) is 0 Å². The second-order valence-corrected chi connectivity index (χ2v) is 4.78. The normalized spacial score (nSPS) is 20.6. The summed E-state index contributed by atoms with van der Waals surface area (Å²) in [6, 6.07) is 0. The Hall–Kier alpha value is -1.92. The van der Waals surface area contributed by atoms with Crippen LogP contribution in [0, 0.1) is 11.8 Å². The molecule has 6 heteroatoms. The third-order valence-electron chi connectivity index (χ3n) is 3.17. The number of esters is 1. The highest BCUT2D eigenvalue weighted by Crippen LogP contribution is 2.26. The number of hydrogen-bond donors (Lipinski definition) is 1. The molecule has 0 fully saturated rings. The average molecular weight is 310 g/mol. The molecule has 2 atom stereocenters. The molecule has 0 amide bonds. The number of allylic oxidation sites excluding steroid dienone is 1. The van der Waals surface area contributed by atoms with Crippen molar-refractivity contribution in [2.45, 2.75) is 19.1 Å². The van der Waals surface area contributed by atoms with Crippen LogP contribution in [-0.2, 0) is 23.8 Å². The molecule has 0 spiro atoms. The Morgan fingerprint density at radius 1 is 1.27 bits per heavy atom. The number of carbonyl (C=O) groups excluding carboxylic acids is 1. The fourth-order valence-electron chi connectivity index (χ4n) is 2.09.